The van der Waals surface area contributed by atoms with Crippen LogP contribution in [0.5, 0.6) is 0 Å². The Morgan fingerprint density at radius 3 is 2.17 bits per heavy atom. The van der Waals surface area contributed by atoms with Crippen molar-refractivity contribution < 1.29 is 24.5 Å². The number of hydrogen-bond acceptors (Lipinski definition) is 5. The van der Waals surface area contributed by atoms with E-state index < -0.39 is 23.8 Å². The van der Waals surface area contributed by atoms with E-state index in [-0.39, 0.29) is 11.1 Å². The first-order valence-corrected chi connectivity index (χ1v) is 5.06. The maximum Gasteiger partial charge on any atom is 0.368 e. The van der Waals surface area contributed by atoms with Crippen LogP contribution in [0.25, 0.3) is 0 Å². The normalized spacial score (nSPS) is 15.3. The van der Waals surface area contributed by atoms with Crippen LogP contribution in [0.4, 0.5) is 0 Å². The summed E-state index contributed by atoms with van der Waals surface area (Å²) in [7, 11) is 0. The Kier molecular flexibility index (Phi) is 2.95. The van der Waals surface area contributed by atoms with Crippen molar-refractivity contribution in [3.63, 3.8) is 0 Å². The molecule has 0 saturated heterocycles. The molecule has 0 bridgehead atoms. The summed E-state index contributed by atoms with van der Waals surface area (Å²) in [5.74, 6) is -2.38. The minimum atomic E-state index is -1.35. The molecule has 1 heterocycles. The monoisotopic (exact) mass is 247 g/mol. The molecule has 1 atom stereocenters. The van der Waals surface area contributed by atoms with Crippen molar-refractivity contribution >= 4 is 17.8 Å². The van der Waals surface area contributed by atoms with Gasteiger partial charge in [0.05, 0.1) is 11.1 Å². The first-order chi connectivity index (χ1) is 8.61. The van der Waals surface area contributed by atoms with E-state index in [9.17, 15) is 14.4 Å². The molecule has 6 heteroatoms. The van der Waals surface area contributed by atoms with E-state index in [0.29, 0.717) is 4.90 Å². The summed E-state index contributed by atoms with van der Waals surface area (Å²) in [6, 6.07) is 4.85. The van der Waals surface area contributed by atoms with Crippen LogP contribution in [0.1, 0.15) is 20.7 Å². The second-order valence-corrected chi connectivity index (χ2v) is 3.62. The van der Waals surface area contributed by atoms with E-state index in [1.54, 1.807) is 12.1 Å². The molecule has 0 spiro atoms. The lowest BCUT2D eigenvalue weighted by atomic mass is 10.1. The molecule has 1 N–H and O–H groups in total. The van der Waals surface area contributed by atoms with Crippen molar-refractivity contribution in [1.82, 2.24) is 4.90 Å². The highest BCUT2D eigenvalue weighted by atomic mass is 17.1. The lowest BCUT2D eigenvalue weighted by Gasteiger charge is -2.19. The highest BCUT2D eigenvalue weighted by molar-refractivity contribution is 6.22. The molecule has 6 nitrogen and oxygen atoms in total. The largest absolute Gasteiger partial charge is 0.368 e. The maximum absolute atomic E-state index is 12.0. The zero-order valence-electron chi connectivity index (χ0n) is 9.20. The smallest absolute Gasteiger partial charge is 0.298 e. The first kappa shape index (κ1) is 12.0. The summed E-state index contributed by atoms with van der Waals surface area (Å²) < 4.78 is 0. The standard InChI is InChI=1S/C12H9NO5/c1-2-9(12(16)18-17)13-10(14)7-5-3-4-6-8(7)11(13)15/h2-6,9,17H,1H2. The number of carbonyl (C=O) groups excluding carboxylic acids is 3. The van der Waals surface area contributed by atoms with E-state index in [0.717, 1.165) is 6.08 Å². The van der Waals surface area contributed by atoms with Gasteiger partial charge in [-0.25, -0.2) is 4.79 Å². The van der Waals surface area contributed by atoms with Crippen molar-refractivity contribution in [1.29, 1.82) is 0 Å². The Bertz CT molecular complexity index is 516. The van der Waals surface area contributed by atoms with Gasteiger partial charge in [-0.05, 0) is 12.1 Å². The maximum atomic E-state index is 12.0. The van der Waals surface area contributed by atoms with Gasteiger partial charge in [-0.15, -0.1) is 6.58 Å². The highest BCUT2D eigenvalue weighted by Gasteiger charge is 2.42. The van der Waals surface area contributed by atoms with E-state index >= 15 is 0 Å². The topological polar surface area (TPSA) is 83.9 Å². The average Bonchev–Trinajstić information content (AvgIpc) is 2.65. The van der Waals surface area contributed by atoms with Crippen LogP contribution in [0, 0.1) is 0 Å². The molecule has 2 amide bonds. The highest BCUT2D eigenvalue weighted by Crippen LogP contribution is 2.25. The summed E-state index contributed by atoms with van der Waals surface area (Å²) in [4.78, 5) is 39.5. The molecule has 0 fully saturated rings. The van der Waals surface area contributed by atoms with E-state index in [4.69, 9.17) is 5.26 Å². The minimum Gasteiger partial charge on any atom is -0.298 e. The molecule has 18 heavy (non-hydrogen) atoms. The Hall–Kier alpha value is -2.47. The molecule has 2 rings (SSSR count). The van der Waals surface area contributed by atoms with Gasteiger partial charge in [0, 0.05) is 0 Å². The van der Waals surface area contributed by atoms with Gasteiger partial charge in [-0.2, -0.15) is 5.26 Å². The van der Waals surface area contributed by atoms with Gasteiger partial charge in [0.25, 0.3) is 11.8 Å². The Morgan fingerprint density at radius 1 is 1.28 bits per heavy atom. The molecule has 1 unspecified atom stereocenters. The molecule has 0 saturated carbocycles. The number of amides is 2. The van der Waals surface area contributed by atoms with Crippen LogP contribution in [0.3, 0.4) is 0 Å². The predicted molar refractivity (Wildman–Crippen MR) is 59.6 cm³/mol. The van der Waals surface area contributed by atoms with Crippen molar-refractivity contribution in [2.75, 3.05) is 0 Å². The van der Waals surface area contributed by atoms with Crippen LogP contribution in [0.2, 0.25) is 0 Å². The van der Waals surface area contributed by atoms with Crippen LogP contribution in [-0.4, -0.2) is 34.0 Å². The van der Waals surface area contributed by atoms with Crippen molar-refractivity contribution in [2.45, 2.75) is 6.04 Å². The summed E-state index contributed by atoms with van der Waals surface area (Å²) in [6.07, 6.45) is 1.06. The molecule has 1 aromatic rings. The number of rotatable bonds is 3. The van der Waals surface area contributed by atoms with Gasteiger partial charge in [-0.1, -0.05) is 18.2 Å². The Balaban J connectivity index is 2.44. The zero-order valence-corrected chi connectivity index (χ0v) is 9.20. The second-order valence-electron chi connectivity index (χ2n) is 3.62. The van der Waals surface area contributed by atoms with E-state index in [2.05, 4.69) is 11.5 Å². The van der Waals surface area contributed by atoms with Gasteiger partial charge < -0.3 is 0 Å². The third kappa shape index (κ3) is 1.59. The van der Waals surface area contributed by atoms with Crippen molar-refractivity contribution in [3.8, 4) is 0 Å². The molecule has 1 aliphatic heterocycles. The predicted octanol–water partition coefficient (Wildman–Crippen LogP) is 0.853. The zero-order chi connectivity index (χ0) is 13.3. The molecule has 0 aliphatic carbocycles. The molecule has 1 aliphatic rings. The van der Waals surface area contributed by atoms with Crippen molar-refractivity contribution in [3.05, 3.63) is 48.0 Å². The summed E-state index contributed by atoms with van der Waals surface area (Å²) in [5.41, 5.74) is 0.417. The molecule has 0 radical (unpaired) electrons. The Morgan fingerprint density at radius 2 is 1.78 bits per heavy atom. The van der Waals surface area contributed by atoms with Crippen molar-refractivity contribution in [2.24, 2.45) is 0 Å². The number of benzene rings is 1. The summed E-state index contributed by atoms with van der Waals surface area (Å²) in [6.45, 7) is 3.35. The van der Waals surface area contributed by atoms with Gasteiger partial charge in [0.1, 0.15) is 0 Å². The van der Waals surface area contributed by atoms with Gasteiger partial charge in [0.2, 0.25) is 0 Å². The fraction of sp³-hybridized carbons (Fsp3) is 0.0833. The second kappa shape index (κ2) is 4.42. The molecule has 92 valence electrons. The lowest BCUT2D eigenvalue weighted by molar-refractivity contribution is -0.236. The van der Waals surface area contributed by atoms with Crippen LogP contribution < -0.4 is 0 Å². The van der Waals surface area contributed by atoms with Gasteiger partial charge >= 0.3 is 5.97 Å². The summed E-state index contributed by atoms with van der Waals surface area (Å²) >= 11 is 0. The van der Waals surface area contributed by atoms with Crippen LogP contribution >= 0.6 is 0 Å². The number of nitrogens with zero attached hydrogens (tertiary/aromatic N) is 1. The van der Waals surface area contributed by atoms with Crippen LogP contribution in [-0.2, 0) is 9.68 Å². The van der Waals surface area contributed by atoms with Gasteiger partial charge in [0.15, 0.2) is 6.04 Å². The third-order valence-electron chi connectivity index (χ3n) is 2.66. The molecular weight excluding hydrogens is 238 g/mol. The van der Waals surface area contributed by atoms with Crippen LogP contribution in [0.15, 0.2) is 36.9 Å². The number of imide groups is 1. The number of carbonyl (C=O) groups is 3. The van der Waals surface area contributed by atoms with E-state index in [1.165, 1.54) is 12.1 Å². The quantitative estimate of drug-likeness (QED) is 0.370. The fourth-order valence-electron chi connectivity index (χ4n) is 1.82. The fourth-order valence-corrected chi connectivity index (χ4v) is 1.82. The Labute approximate surface area is 102 Å². The first-order valence-electron chi connectivity index (χ1n) is 5.06. The van der Waals surface area contributed by atoms with E-state index in [1.807, 2.05) is 0 Å². The molecule has 0 aromatic heterocycles. The third-order valence-corrected chi connectivity index (χ3v) is 2.66. The number of hydrogen-bond donors (Lipinski definition) is 1. The van der Waals surface area contributed by atoms with Gasteiger partial charge in [-0.3, -0.25) is 19.4 Å². The number of fused-ring (bicyclic) bond motifs is 1. The molecule has 1 aromatic carbocycles. The lowest BCUT2D eigenvalue weighted by Crippen LogP contribution is -2.44. The average molecular weight is 247 g/mol. The minimum absolute atomic E-state index is 0.208. The SMILES string of the molecule is C=CC(C(=O)OO)N1C(=O)c2ccccc2C1=O. The summed E-state index contributed by atoms with van der Waals surface area (Å²) in [5, 5.41) is 8.34. The molecular formula is C12H9NO5.